The Bertz CT molecular complexity index is 659. The van der Waals surface area contributed by atoms with Gasteiger partial charge in [0.1, 0.15) is 5.82 Å². The lowest BCUT2D eigenvalue weighted by atomic mass is 10.3. The van der Waals surface area contributed by atoms with Crippen molar-refractivity contribution in [3.05, 3.63) is 47.9 Å². The van der Waals surface area contributed by atoms with E-state index in [4.69, 9.17) is 11.6 Å². The topological polar surface area (TPSA) is 61.4 Å². The molecule has 1 aromatic carbocycles. The summed E-state index contributed by atoms with van der Waals surface area (Å²) in [6.45, 7) is 3.65. The van der Waals surface area contributed by atoms with E-state index in [0.29, 0.717) is 17.3 Å². The Balaban J connectivity index is 1.49. The van der Waals surface area contributed by atoms with Crippen molar-refractivity contribution in [2.45, 2.75) is 0 Å². The molecule has 0 radical (unpaired) electrons. The average molecular weight is 332 g/mol. The molecule has 2 aromatic rings. The zero-order valence-corrected chi connectivity index (χ0v) is 13.4. The number of piperazine rings is 1. The van der Waals surface area contributed by atoms with E-state index in [2.05, 4.69) is 25.1 Å². The maximum Gasteiger partial charge on any atom is 0.238 e. The summed E-state index contributed by atoms with van der Waals surface area (Å²) in [7, 11) is 0. The standard InChI is InChI=1S/C16H18ClN5O/c17-13-3-1-2-4-14(13)20-16(23)12-21-7-9-22(10-8-21)15-11-18-5-6-19-15/h1-6,11H,7-10,12H2,(H,20,23). The highest BCUT2D eigenvalue weighted by atomic mass is 35.5. The largest absolute Gasteiger partial charge is 0.353 e. The number of carbonyl (C=O) groups excluding carboxylic acids is 1. The zero-order chi connectivity index (χ0) is 16.1. The van der Waals surface area contributed by atoms with Gasteiger partial charge in [0.25, 0.3) is 0 Å². The molecule has 1 amide bonds. The van der Waals surface area contributed by atoms with E-state index in [1.807, 2.05) is 12.1 Å². The molecule has 3 rings (SSSR count). The minimum absolute atomic E-state index is 0.0500. The number of para-hydroxylation sites is 1. The van der Waals surface area contributed by atoms with Gasteiger partial charge >= 0.3 is 0 Å². The number of carbonyl (C=O) groups is 1. The van der Waals surface area contributed by atoms with Crippen molar-refractivity contribution in [2.75, 3.05) is 42.9 Å². The van der Waals surface area contributed by atoms with Gasteiger partial charge in [-0.1, -0.05) is 23.7 Å². The SMILES string of the molecule is O=C(CN1CCN(c2cnccn2)CC1)Nc1ccccc1Cl. The summed E-state index contributed by atoms with van der Waals surface area (Å²) in [5.74, 6) is 0.832. The van der Waals surface area contributed by atoms with Crippen LogP contribution < -0.4 is 10.2 Å². The van der Waals surface area contributed by atoms with Crippen molar-refractivity contribution in [3.8, 4) is 0 Å². The van der Waals surface area contributed by atoms with E-state index < -0.39 is 0 Å². The fourth-order valence-corrected chi connectivity index (χ4v) is 2.73. The van der Waals surface area contributed by atoms with Gasteiger partial charge in [-0.05, 0) is 12.1 Å². The summed E-state index contributed by atoms with van der Waals surface area (Å²) in [6, 6.07) is 7.24. The van der Waals surface area contributed by atoms with Crippen LogP contribution in [0.15, 0.2) is 42.9 Å². The molecule has 1 saturated heterocycles. The quantitative estimate of drug-likeness (QED) is 0.927. The third kappa shape index (κ3) is 4.18. The second kappa shape index (κ2) is 7.39. The number of hydrogen-bond donors (Lipinski definition) is 1. The summed E-state index contributed by atoms with van der Waals surface area (Å²) < 4.78 is 0. The second-order valence-electron chi connectivity index (χ2n) is 5.35. The van der Waals surface area contributed by atoms with Crippen LogP contribution in [0.5, 0.6) is 0 Å². The van der Waals surface area contributed by atoms with Gasteiger partial charge in [-0.2, -0.15) is 0 Å². The van der Waals surface area contributed by atoms with Gasteiger partial charge in [-0.3, -0.25) is 14.7 Å². The first-order valence-electron chi connectivity index (χ1n) is 7.50. The van der Waals surface area contributed by atoms with Crippen LogP contribution in [0.2, 0.25) is 5.02 Å². The second-order valence-corrected chi connectivity index (χ2v) is 5.76. The number of amides is 1. The maximum absolute atomic E-state index is 12.1. The molecule has 1 aliphatic heterocycles. The van der Waals surface area contributed by atoms with Gasteiger partial charge in [-0.15, -0.1) is 0 Å². The lowest BCUT2D eigenvalue weighted by molar-refractivity contribution is -0.117. The van der Waals surface area contributed by atoms with Crippen molar-refractivity contribution < 1.29 is 4.79 Å². The molecule has 6 nitrogen and oxygen atoms in total. The Morgan fingerprint density at radius 2 is 1.96 bits per heavy atom. The Morgan fingerprint density at radius 3 is 2.65 bits per heavy atom. The van der Waals surface area contributed by atoms with E-state index in [1.54, 1.807) is 30.7 Å². The Kier molecular flexibility index (Phi) is 5.05. The molecule has 0 aliphatic carbocycles. The van der Waals surface area contributed by atoms with Gasteiger partial charge in [0.05, 0.1) is 23.5 Å². The summed E-state index contributed by atoms with van der Waals surface area (Å²) in [5, 5.41) is 3.40. The van der Waals surface area contributed by atoms with Crippen molar-refractivity contribution in [2.24, 2.45) is 0 Å². The maximum atomic E-state index is 12.1. The van der Waals surface area contributed by atoms with Crippen molar-refractivity contribution >= 4 is 29.0 Å². The Morgan fingerprint density at radius 1 is 1.17 bits per heavy atom. The molecule has 23 heavy (non-hydrogen) atoms. The number of aromatic nitrogens is 2. The van der Waals surface area contributed by atoms with Crippen LogP contribution in [0.3, 0.4) is 0 Å². The molecule has 1 aromatic heterocycles. The number of halogens is 1. The number of benzene rings is 1. The van der Waals surface area contributed by atoms with Crippen LogP contribution in [-0.4, -0.2) is 53.5 Å². The predicted octanol–water partition coefficient (Wildman–Crippen LogP) is 1.89. The molecule has 120 valence electrons. The molecule has 7 heteroatoms. The summed E-state index contributed by atoms with van der Waals surface area (Å²) in [6.07, 6.45) is 5.12. The molecular weight excluding hydrogens is 314 g/mol. The smallest absolute Gasteiger partial charge is 0.238 e. The van der Waals surface area contributed by atoms with E-state index in [-0.39, 0.29) is 5.91 Å². The molecule has 0 bridgehead atoms. The monoisotopic (exact) mass is 331 g/mol. The first-order chi connectivity index (χ1) is 11.2. The van der Waals surface area contributed by atoms with Crippen molar-refractivity contribution in [1.29, 1.82) is 0 Å². The van der Waals surface area contributed by atoms with Crippen LogP contribution in [0.25, 0.3) is 0 Å². The number of hydrogen-bond acceptors (Lipinski definition) is 5. The van der Waals surface area contributed by atoms with Crippen LogP contribution >= 0.6 is 11.6 Å². The predicted molar refractivity (Wildman–Crippen MR) is 90.8 cm³/mol. The van der Waals surface area contributed by atoms with Crippen LogP contribution in [0.4, 0.5) is 11.5 Å². The zero-order valence-electron chi connectivity index (χ0n) is 12.7. The number of nitrogens with zero attached hydrogens (tertiary/aromatic N) is 4. The third-order valence-corrected chi connectivity index (χ3v) is 4.09. The lowest BCUT2D eigenvalue weighted by Crippen LogP contribution is -2.49. The number of anilines is 2. The Hall–Kier alpha value is -2.18. The lowest BCUT2D eigenvalue weighted by Gasteiger charge is -2.34. The molecular formula is C16H18ClN5O. The number of rotatable bonds is 4. The molecule has 1 aliphatic rings. The number of nitrogens with one attached hydrogen (secondary N) is 1. The van der Waals surface area contributed by atoms with Gasteiger partial charge in [-0.25, -0.2) is 4.98 Å². The average Bonchev–Trinajstić information content (AvgIpc) is 2.58. The van der Waals surface area contributed by atoms with Gasteiger partial charge < -0.3 is 10.2 Å². The van der Waals surface area contributed by atoms with E-state index in [1.165, 1.54) is 0 Å². The molecule has 1 fully saturated rings. The van der Waals surface area contributed by atoms with Crippen LogP contribution in [-0.2, 0) is 4.79 Å². The van der Waals surface area contributed by atoms with Gasteiger partial charge in [0.2, 0.25) is 5.91 Å². The third-order valence-electron chi connectivity index (χ3n) is 3.76. The van der Waals surface area contributed by atoms with E-state index >= 15 is 0 Å². The highest BCUT2D eigenvalue weighted by Gasteiger charge is 2.20. The highest BCUT2D eigenvalue weighted by Crippen LogP contribution is 2.20. The Labute approximate surface area is 140 Å². The molecule has 0 spiro atoms. The summed E-state index contributed by atoms with van der Waals surface area (Å²) in [4.78, 5) is 24.8. The molecule has 0 saturated carbocycles. The normalized spacial score (nSPS) is 15.4. The van der Waals surface area contributed by atoms with Crippen molar-refractivity contribution in [3.63, 3.8) is 0 Å². The fraction of sp³-hybridized carbons (Fsp3) is 0.312. The first-order valence-corrected chi connectivity index (χ1v) is 7.88. The summed E-state index contributed by atoms with van der Waals surface area (Å²) in [5.41, 5.74) is 0.650. The van der Waals surface area contributed by atoms with Crippen LogP contribution in [0.1, 0.15) is 0 Å². The van der Waals surface area contributed by atoms with Gasteiger partial charge in [0, 0.05) is 38.6 Å². The minimum atomic E-state index is -0.0500. The summed E-state index contributed by atoms with van der Waals surface area (Å²) >= 11 is 6.05. The molecule has 2 heterocycles. The highest BCUT2D eigenvalue weighted by molar-refractivity contribution is 6.33. The molecule has 0 unspecified atom stereocenters. The minimum Gasteiger partial charge on any atom is -0.353 e. The fourth-order valence-electron chi connectivity index (χ4n) is 2.55. The van der Waals surface area contributed by atoms with Crippen LogP contribution in [0, 0.1) is 0 Å². The van der Waals surface area contributed by atoms with E-state index in [9.17, 15) is 4.79 Å². The molecule has 0 atom stereocenters. The van der Waals surface area contributed by atoms with E-state index in [0.717, 1.165) is 32.0 Å². The first kappa shape index (κ1) is 15.7. The van der Waals surface area contributed by atoms with Gasteiger partial charge in [0.15, 0.2) is 0 Å². The molecule has 1 N–H and O–H groups in total. The van der Waals surface area contributed by atoms with Crippen molar-refractivity contribution in [1.82, 2.24) is 14.9 Å².